The van der Waals surface area contributed by atoms with Gasteiger partial charge in [0.15, 0.2) is 0 Å². The maximum Gasteiger partial charge on any atom is 0.0562 e. The van der Waals surface area contributed by atoms with Crippen molar-refractivity contribution in [2.75, 3.05) is 4.90 Å². The Kier molecular flexibility index (Phi) is 8.39. The zero-order valence-electron chi connectivity index (χ0n) is 33.2. The van der Waals surface area contributed by atoms with E-state index in [-0.39, 0.29) is 0 Å². The Balaban J connectivity index is 1.15. The molecule has 0 radical (unpaired) electrons. The fraction of sp³-hybridized carbons (Fsp3) is 0. The molecule has 3 heteroatoms. The molecule has 12 rings (SSSR count). The highest BCUT2D eigenvalue weighted by Crippen LogP contribution is 2.49. The van der Waals surface area contributed by atoms with Crippen LogP contribution in [0, 0.1) is 0 Å². The van der Waals surface area contributed by atoms with Crippen molar-refractivity contribution >= 4 is 81.1 Å². The van der Waals surface area contributed by atoms with E-state index < -0.39 is 0 Å². The molecule has 0 aliphatic heterocycles. The third-order valence-corrected chi connectivity index (χ3v) is 13.4. The molecule has 0 aliphatic carbocycles. The van der Waals surface area contributed by atoms with Crippen molar-refractivity contribution < 1.29 is 0 Å². The summed E-state index contributed by atoms with van der Waals surface area (Å²) in [5.41, 5.74) is 14.0. The Bertz CT molecular complexity index is 3560. The molecule has 2 nitrogen and oxygen atoms in total. The van der Waals surface area contributed by atoms with Crippen molar-refractivity contribution in [3.63, 3.8) is 0 Å². The van der Waals surface area contributed by atoms with Crippen LogP contribution in [0.15, 0.2) is 231 Å². The number of nitrogens with zero attached hydrogens (tertiary/aromatic N) is 2. The third-order valence-electron chi connectivity index (χ3n) is 12.2. The van der Waals surface area contributed by atoms with Crippen LogP contribution >= 0.6 is 11.3 Å². The van der Waals surface area contributed by atoms with Crippen molar-refractivity contribution in [1.82, 2.24) is 4.57 Å². The van der Waals surface area contributed by atoms with Crippen LogP contribution < -0.4 is 4.90 Å². The van der Waals surface area contributed by atoms with Gasteiger partial charge in [-0.15, -0.1) is 11.3 Å². The molecule has 0 saturated heterocycles. The van der Waals surface area contributed by atoms with Gasteiger partial charge < -0.3 is 9.47 Å². The Morgan fingerprint density at radius 3 is 1.70 bits per heavy atom. The zero-order chi connectivity index (χ0) is 40.3. The summed E-state index contributed by atoms with van der Waals surface area (Å²) in [5.74, 6) is 0. The zero-order valence-corrected chi connectivity index (χ0v) is 34.1. The van der Waals surface area contributed by atoms with E-state index in [2.05, 4.69) is 240 Å². The van der Waals surface area contributed by atoms with E-state index in [0.29, 0.717) is 0 Å². The predicted octanol–water partition coefficient (Wildman–Crippen LogP) is 16.8. The Labute approximate surface area is 358 Å². The molecule has 0 bridgehead atoms. The predicted molar refractivity (Wildman–Crippen MR) is 262 cm³/mol. The van der Waals surface area contributed by atoms with Crippen molar-refractivity contribution in [3.8, 4) is 39.1 Å². The highest BCUT2D eigenvalue weighted by Gasteiger charge is 2.24. The molecule has 0 N–H and O–H groups in total. The van der Waals surface area contributed by atoms with E-state index in [1.165, 1.54) is 80.6 Å². The van der Waals surface area contributed by atoms with E-state index in [1.54, 1.807) is 0 Å². The van der Waals surface area contributed by atoms with Crippen molar-refractivity contribution in [3.05, 3.63) is 231 Å². The van der Waals surface area contributed by atoms with E-state index in [9.17, 15) is 0 Å². The standard InChI is InChI=1S/C58H38N2S/c1-3-15-39(16-4-1)40-29-33-44(34-30-40)59(45-35-31-42(32-36-45)47-24-13-18-41-17-7-8-21-46(41)47)55-38-56-52(48-22-9-11-27-54(48)60(56)43-19-5-2-6-20-43)37-53(55)51-26-14-25-50-49-23-10-12-28-57(49)61-58(50)51/h1-38H. The monoisotopic (exact) mass is 794 g/mol. The molecule has 0 aliphatic rings. The number of rotatable bonds is 7. The second-order valence-corrected chi connectivity index (χ2v) is 16.7. The lowest BCUT2D eigenvalue weighted by molar-refractivity contribution is 1.18. The Hall–Kier alpha value is -7.72. The highest BCUT2D eigenvalue weighted by atomic mass is 32.1. The normalized spacial score (nSPS) is 11.6. The summed E-state index contributed by atoms with van der Waals surface area (Å²) >= 11 is 1.88. The van der Waals surface area contributed by atoms with Gasteiger partial charge in [0.2, 0.25) is 0 Å². The summed E-state index contributed by atoms with van der Waals surface area (Å²) in [6, 6.07) is 84.3. The van der Waals surface area contributed by atoms with Gasteiger partial charge in [-0.25, -0.2) is 0 Å². The number of aromatic nitrogens is 1. The summed E-state index contributed by atoms with van der Waals surface area (Å²) in [6.07, 6.45) is 0. The molecule has 0 atom stereocenters. The van der Waals surface area contributed by atoms with Gasteiger partial charge in [-0.2, -0.15) is 0 Å². The maximum atomic E-state index is 2.47. The molecular formula is C58H38N2S. The van der Waals surface area contributed by atoms with Crippen molar-refractivity contribution in [1.29, 1.82) is 0 Å². The van der Waals surface area contributed by atoms with Gasteiger partial charge in [0, 0.05) is 59.1 Å². The third kappa shape index (κ3) is 5.93. The lowest BCUT2D eigenvalue weighted by Crippen LogP contribution is -2.11. The molecule has 286 valence electrons. The topological polar surface area (TPSA) is 8.17 Å². The molecule has 0 amide bonds. The lowest BCUT2D eigenvalue weighted by Gasteiger charge is -2.29. The fourth-order valence-electron chi connectivity index (χ4n) is 9.35. The smallest absolute Gasteiger partial charge is 0.0562 e. The first-order chi connectivity index (χ1) is 30.3. The van der Waals surface area contributed by atoms with Crippen LogP contribution in [0.2, 0.25) is 0 Å². The molecule has 0 fully saturated rings. The lowest BCUT2D eigenvalue weighted by atomic mass is 9.96. The van der Waals surface area contributed by atoms with Gasteiger partial charge >= 0.3 is 0 Å². The van der Waals surface area contributed by atoms with E-state index >= 15 is 0 Å². The quantitative estimate of drug-likeness (QED) is 0.156. The van der Waals surface area contributed by atoms with Gasteiger partial charge in [0.05, 0.1) is 16.7 Å². The van der Waals surface area contributed by atoms with Crippen molar-refractivity contribution in [2.24, 2.45) is 0 Å². The minimum absolute atomic E-state index is 1.09. The minimum atomic E-state index is 1.09. The van der Waals surface area contributed by atoms with E-state index in [1.807, 2.05) is 11.3 Å². The van der Waals surface area contributed by atoms with E-state index in [4.69, 9.17) is 0 Å². The van der Waals surface area contributed by atoms with Crippen LogP contribution in [0.1, 0.15) is 0 Å². The van der Waals surface area contributed by atoms with Gasteiger partial charge in [-0.1, -0.05) is 170 Å². The van der Waals surface area contributed by atoms with Crippen LogP contribution in [0.4, 0.5) is 17.1 Å². The molecule has 0 spiro atoms. The van der Waals surface area contributed by atoms with E-state index in [0.717, 1.165) is 28.3 Å². The van der Waals surface area contributed by atoms with Crippen LogP contribution in [-0.2, 0) is 0 Å². The average Bonchev–Trinajstić information content (AvgIpc) is 3.88. The molecule has 2 aromatic heterocycles. The van der Waals surface area contributed by atoms with Crippen LogP contribution in [0.25, 0.3) is 91.8 Å². The van der Waals surface area contributed by atoms with Gasteiger partial charge in [0.25, 0.3) is 0 Å². The largest absolute Gasteiger partial charge is 0.310 e. The molecule has 0 unspecified atom stereocenters. The molecule has 2 heterocycles. The van der Waals surface area contributed by atoms with Gasteiger partial charge in [-0.3, -0.25) is 0 Å². The number of hydrogen-bond acceptors (Lipinski definition) is 2. The summed E-state index contributed by atoms with van der Waals surface area (Å²) < 4.78 is 5.02. The van der Waals surface area contributed by atoms with Gasteiger partial charge in [0.1, 0.15) is 0 Å². The Morgan fingerprint density at radius 1 is 0.344 bits per heavy atom. The van der Waals surface area contributed by atoms with Gasteiger partial charge in [-0.05, 0) is 93.7 Å². The van der Waals surface area contributed by atoms with Crippen LogP contribution in [0.5, 0.6) is 0 Å². The first-order valence-corrected chi connectivity index (χ1v) is 21.7. The maximum absolute atomic E-state index is 2.47. The minimum Gasteiger partial charge on any atom is -0.310 e. The number of benzene rings is 10. The molecular weight excluding hydrogens is 757 g/mol. The Morgan fingerprint density at radius 2 is 0.918 bits per heavy atom. The van der Waals surface area contributed by atoms with Crippen LogP contribution in [0.3, 0.4) is 0 Å². The van der Waals surface area contributed by atoms with Crippen molar-refractivity contribution in [2.45, 2.75) is 0 Å². The second-order valence-electron chi connectivity index (χ2n) is 15.7. The van der Waals surface area contributed by atoms with Crippen LogP contribution in [-0.4, -0.2) is 4.57 Å². The fourth-order valence-corrected chi connectivity index (χ4v) is 10.6. The first-order valence-electron chi connectivity index (χ1n) is 20.8. The number of thiophene rings is 1. The number of anilines is 3. The number of hydrogen-bond donors (Lipinski definition) is 0. The molecule has 0 saturated carbocycles. The number of para-hydroxylation sites is 2. The average molecular weight is 795 g/mol. The SMILES string of the molecule is c1ccc(-c2ccc(N(c3ccc(-c4cccc5ccccc45)cc3)c3cc4c(cc3-c3cccc5c3sc3ccccc35)c3ccccc3n4-c3ccccc3)cc2)cc1. The summed E-state index contributed by atoms with van der Waals surface area (Å²) in [6.45, 7) is 0. The molecule has 61 heavy (non-hydrogen) atoms. The summed E-state index contributed by atoms with van der Waals surface area (Å²) in [7, 11) is 0. The molecule has 10 aromatic carbocycles. The summed E-state index contributed by atoms with van der Waals surface area (Å²) in [5, 5.41) is 7.53. The summed E-state index contributed by atoms with van der Waals surface area (Å²) in [4.78, 5) is 2.47. The number of fused-ring (bicyclic) bond motifs is 7. The molecule has 12 aromatic rings. The highest BCUT2D eigenvalue weighted by molar-refractivity contribution is 7.26. The first kappa shape index (κ1) is 35.2. The second kappa shape index (κ2) is 14.5.